The Morgan fingerprint density at radius 2 is 2.14 bits per heavy atom. The molecule has 1 aromatic carbocycles. The lowest BCUT2D eigenvalue weighted by atomic mass is 10.1. The Hall–Kier alpha value is -2.83. The third-order valence-corrected chi connectivity index (χ3v) is 2.94. The van der Waals surface area contributed by atoms with Crippen molar-refractivity contribution >= 4 is 17.7 Å². The van der Waals surface area contributed by atoms with Gasteiger partial charge in [-0.25, -0.2) is 9.59 Å². The molecule has 1 heterocycles. The number of nitrogens with one attached hydrogen (secondary N) is 2. The molecule has 7 nitrogen and oxygen atoms in total. The standard InChI is InChI=1S/C14H16N4O3/c1-9-3-4-11(13(19)20)5-12(9)17-14(21)15-6-10-7-16-18(2)8-10/h3-5,7-8H,6H2,1-2H3,(H,19,20)(H2,15,17,21). The SMILES string of the molecule is Cc1ccc(C(=O)O)cc1NC(=O)NCc1cnn(C)c1. The van der Waals surface area contributed by atoms with Crippen LogP contribution in [0.5, 0.6) is 0 Å². The van der Waals surface area contributed by atoms with Gasteiger partial charge in [0.15, 0.2) is 0 Å². The molecule has 2 aromatic rings. The van der Waals surface area contributed by atoms with Gasteiger partial charge in [-0.1, -0.05) is 6.07 Å². The van der Waals surface area contributed by atoms with Crippen molar-refractivity contribution in [3.05, 3.63) is 47.3 Å². The van der Waals surface area contributed by atoms with Crippen molar-refractivity contribution in [2.45, 2.75) is 13.5 Å². The minimum absolute atomic E-state index is 0.128. The lowest BCUT2D eigenvalue weighted by molar-refractivity contribution is 0.0697. The van der Waals surface area contributed by atoms with Crippen LogP contribution in [-0.4, -0.2) is 26.9 Å². The van der Waals surface area contributed by atoms with Crippen molar-refractivity contribution < 1.29 is 14.7 Å². The van der Waals surface area contributed by atoms with Gasteiger partial charge in [0, 0.05) is 31.0 Å². The Kier molecular flexibility index (Phi) is 4.22. The monoisotopic (exact) mass is 288 g/mol. The van der Waals surface area contributed by atoms with E-state index in [-0.39, 0.29) is 5.56 Å². The molecule has 2 rings (SSSR count). The number of nitrogens with zero attached hydrogens (tertiary/aromatic N) is 2. The number of hydrogen-bond acceptors (Lipinski definition) is 3. The molecule has 3 N–H and O–H groups in total. The maximum absolute atomic E-state index is 11.8. The number of aromatic carboxylic acids is 1. The summed E-state index contributed by atoms with van der Waals surface area (Å²) in [6.45, 7) is 2.14. The highest BCUT2D eigenvalue weighted by molar-refractivity contribution is 5.93. The molecule has 7 heteroatoms. The van der Waals surface area contributed by atoms with E-state index < -0.39 is 12.0 Å². The van der Waals surface area contributed by atoms with Crippen molar-refractivity contribution in [2.24, 2.45) is 7.05 Å². The average molecular weight is 288 g/mol. The van der Waals surface area contributed by atoms with Crippen LogP contribution in [0.3, 0.4) is 0 Å². The van der Waals surface area contributed by atoms with E-state index in [0.717, 1.165) is 11.1 Å². The van der Waals surface area contributed by atoms with E-state index in [2.05, 4.69) is 15.7 Å². The fourth-order valence-electron chi connectivity index (χ4n) is 1.80. The van der Waals surface area contributed by atoms with Crippen molar-refractivity contribution in [1.29, 1.82) is 0 Å². The maximum Gasteiger partial charge on any atom is 0.335 e. The Morgan fingerprint density at radius 3 is 2.76 bits per heavy atom. The summed E-state index contributed by atoms with van der Waals surface area (Å²) in [6.07, 6.45) is 3.47. The number of aryl methyl sites for hydroxylation is 2. The zero-order valence-corrected chi connectivity index (χ0v) is 11.8. The number of rotatable bonds is 4. The summed E-state index contributed by atoms with van der Waals surface area (Å²) in [6, 6.07) is 4.18. The lowest BCUT2D eigenvalue weighted by Gasteiger charge is -2.10. The van der Waals surface area contributed by atoms with Crippen molar-refractivity contribution in [3.8, 4) is 0 Å². The van der Waals surface area contributed by atoms with Gasteiger partial charge in [0.2, 0.25) is 0 Å². The first kappa shape index (κ1) is 14.6. The van der Waals surface area contributed by atoms with Gasteiger partial charge >= 0.3 is 12.0 Å². The van der Waals surface area contributed by atoms with Crippen molar-refractivity contribution in [3.63, 3.8) is 0 Å². The molecule has 0 saturated carbocycles. The van der Waals surface area contributed by atoms with Gasteiger partial charge in [0.1, 0.15) is 0 Å². The van der Waals surface area contributed by atoms with Gasteiger partial charge in [-0.3, -0.25) is 4.68 Å². The molecule has 2 amide bonds. The molecule has 0 aliphatic carbocycles. The second kappa shape index (κ2) is 6.08. The first-order chi connectivity index (χ1) is 9.95. The van der Waals surface area contributed by atoms with Crippen LogP contribution in [0, 0.1) is 6.92 Å². The quantitative estimate of drug-likeness (QED) is 0.798. The topological polar surface area (TPSA) is 96.2 Å². The van der Waals surface area contributed by atoms with Gasteiger partial charge in [-0.2, -0.15) is 5.10 Å². The summed E-state index contributed by atoms with van der Waals surface area (Å²) in [5, 5.41) is 18.3. The zero-order chi connectivity index (χ0) is 15.4. The van der Waals surface area contributed by atoms with Crippen molar-refractivity contribution in [2.75, 3.05) is 5.32 Å². The molecular weight excluding hydrogens is 272 g/mol. The molecule has 0 unspecified atom stereocenters. The highest BCUT2D eigenvalue weighted by Crippen LogP contribution is 2.16. The van der Waals surface area contributed by atoms with E-state index in [1.54, 1.807) is 37.1 Å². The molecule has 0 bridgehead atoms. The van der Waals surface area contributed by atoms with Crippen molar-refractivity contribution in [1.82, 2.24) is 15.1 Å². The van der Waals surface area contributed by atoms with Crippen LogP contribution in [0.4, 0.5) is 10.5 Å². The number of aromatic nitrogens is 2. The Labute approximate surface area is 121 Å². The summed E-state index contributed by atoms with van der Waals surface area (Å²) in [7, 11) is 1.80. The molecule has 1 aromatic heterocycles. The summed E-state index contributed by atoms with van der Waals surface area (Å²) in [5.74, 6) is -1.03. The number of carbonyl (C=O) groups is 2. The third-order valence-electron chi connectivity index (χ3n) is 2.94. The largest absolute Gasteiger partial charge is 0.478 e. The maximum atomic E-state index is 11.8. The van der Waals surface area contributed by atoms with Crippen LogP contribution in [-0.2, 0) is 13.6 Å². The lowest BCUT2D eigenvalue weighted by Crippen LogP contribution is -2.28. The fraction of sp³-hybridized carbons (Fsp3) is 0.214. The number of carbonyl (C=O) groups excluding carboxylic acids is 1. The first-order valence-corrected chi connectivity index (χ1v) is 6.32. The minimum atomic E-state index is -1.03. The highest BCUT2D eigenvalue weighted by Gasteiger charge is 2.09. The summed E-state index contributed by atoms with van der Waals surface area (Å²) in [4.78, 5) is 22.8. The normalized spacial score (nSPS) is 10.2. The summed E-state index contributed by atoms with van der Waals surface area (Å²) >= 11 is 0. The van der Waals surface area contributed by atoms with Crippen LogP contribution < -0.4 is 10.6 Å². The first-order valence-electron chi connectivity index (χ1n) is 6.32. The molecule has 0 radical (unpaired) electrons. The van der Waals surface area contributed by atoms with Gasteiger partial charge in [-0.15, -0.1) is 0 Å². The predicted molar refractivity (Wildman–Crippen MR) is 77.2 cm³/mol. The number of carboxylic acid groups (broad SMARTS) is 1. The minimum Gasteiger partial charge on any atom is -0.478 e. The number of carboxylic acids is 1. The average Bonchev–Trinajstić information content (AvgIpc) is 2.84. The van der Waals surface area contributed by atoms with Crippen LogP contribution in [0.1, 0.15) is 21.5 Å². The zero-order valence-electron chi connectivity index (χ0n) is 11.8. The molecule has 110 valence electrons. The van der Waals surface area contributed by atoms with E-state index >= 15 is 0 Å². The van der Waals surface area contributed by atoms with Gasteiger partial charge < -0.3 is 15.7 Å². The molecule has 0 atom stereocenters. The molecule has 0 fully saturated rings. The Bertz CT molecular complexity index is 679. The van der Waals surface area contributed by atoms with E-state index in [1.165, 1.54) is 12.1 Å². The molecule has 0 aliphatic rings. The second-order valence-corrected chi connectivity index (χ2v) is 4.66. The molecule has 0 aliphatic heterocycles. The number of benzene rings is 1. The van der Waals surface area contributed by atoms with Crippen LogP contribution in [0.2, 0.25) is 0 Å². The van der Waals surface area contributed by atoms with Gasteiger partial charge in [0.25, 0.3) is 0 Å². The summed E-state index contributed by atoms with van der Waals surface area (Å²) < 4.78 is 1.65. The second-order valence-electron chi connectivity index (χ2n) is 4.66. The Balaban J connectivity index is 1.99. The smallest absolute Gasteiger partial charge is 0.335 e. The number of urea groups is 1. The van der Waals surface area contributed by atoms with Crippen LogP contribution >= 0.6 is 0 Å². The van der Waals surface area contributed by atoms with E-state index in [1.807, 2.05) is 0 Å². The highest BCUT2D eigenvalue weighted by atomic mass is 16.4. The van der Waals surface area contributed by atoms with Gasteiger partial charge in [-0.05, 0) is 24.6 Å². The molecule has 0 saturated heterocycles. The molecule has 21 heavy (non-hydrogen) atoms. The molecule has 0 spiro atoms. The fourth-order valence-corrected chi connectivity index (χ4v) is 1.80. The van der Waals surface area contributed by atoms with E-state index in [9.17, 15) is 9.59 Å². The van der Waals surface area contributed by atoms with E-state index in [4.69, 9.17) is 5.11 Å². The predicted octanol–water partition coefficient (Wildman–Crippen LogP) is 1.75. The number of hydrogen-bond donors (Lipinski definition) is 3. The van der Waals surface area contributed by atoms with Crippen LogP contribution in [0.15, 0.2) is 30.6 Å². The third kappa shape index (κ3) is 3.82. The molecular formula is C14H16N4O3. The summed E-state index contributed by atoms with van der Waals surface area (Å²) in [5.41, 5.74) is 2.27. The number of anilines is 1. The number of amides is 2. The van der Waals surface area contributed by atoms with Crippen LogP contribution in [0.25, 0.3) is 0 Å². The van der Waals surface area contributed by atoms with Gasteiger partial charge in [0.05, 0.1) is 11.8 Å². The van der Waals surface area contributed by atoms with E-state index in [0.29, 0.717) is 12.2 Å². The Morgan fingerprint density at radius 1 is 1.38 bits per heavy atom.